The van der Waals surface area contributed by atoms with E-state index in [0.29, 0.717) is 37.9 Å². The van der Waals surface area contributed by atoms with E-state index in [1.54, 1.807) is 14.2 Å². The molecule has 8 heteroatoms. The number of terminal acetylenes is 1. The van der Waals surface area contributed by atoms with Gasteiger partial charge in [0.15, 0.2) is 0 Å². The third-order valence-corrected chi connectivity index (χ3v) is 5.59. The maximum atomic E-state index is 10.5. The van der Waals surface area contributed by atoms with E-state index in [0.717, 1.165) is 29.1 Å². The molecule has 0 spiro atoms. The Hall–Kier alpha value is -3.35. The minimum atomic E-state index is -0.699. The van der Waals surface area contributed by atoms with Crippen molar-refractivity contribution >= 4 is 0 Å². The fourth-order valence-corrected chi connectivity index (χ4v) is 3.81. The van der Waals surface area contributed by atoms with E-state index in [9.17, 15) is 5.11 Å². The number of nitrogens with zero attached hydrogens (tertiary/aromatic N) is 3. The second-order valence-electron chi connectivity index (χ2n) is 8.21. The summed E-state index contributed by atoms with van der Waals surface area (Å²) in [6.45, 7) is 4.42. The second kappa shape index (κ2) is 14.3. The highest BCUT2D eigenvalue weighted by atomic mass is 16.5. The van der Waals surface area contributed by atoms with Crippen molar-refractivity contribution in [1.82, 2.24) is 14.7 Å². The molecule has 1 heterocycles. The van der Waals surface area contributed by atoms with Crippen molar-refractivity contribution in [3.05, 3.63) is 65.9 Å². The molecule has 1 aromatic heterocycles. The topological polar surface area (TPSA) is 78.2 Å². The number of methoxy groups -OCH3 is 2. The molecule has 0 fully saturated rings. The molecule has 0 radical (unpaired) electrons. The van der Waals surface area contributed by atoms with Crippen LogP contribution in [-0.2, 0) is 22.4 Å². The molecule has 0 saturated carbocycles. The monoisotopic (exact) mass is 493 g/mol. The molecule has 0 aliphatic heterocycles. The largest absolute Gasteiger partial charge is 0.497 e. The Bertz CT molecular complexity index is 1090. The lowest BCUT2D eigenvalue weighted by Crippen LogP contribution is -2.36. The first-order chi connectivity index (χ1) is 17.6. The van der Waals surface area contributed by atoms with Gasteiger partial charge in [-0.15, -0.1) is 6.42 Å². The molecule has 0 aliphatic rings. The van der Waals surface area contributed by atoms with E-state index in [1.807, 2.05) is 59.3 Å². The summed E-state index contributed by atoms with van der Waals surface area (Å²) < 4.78 is 24.2. The molecule has 0 bridgehead atoms. The van der Waals surface area contributed by atoms with E-state index >= 15 is 0 Å². The number of rotatable bonds is 15. The van der Waals surface area contributed by atoms with Gasteiger partial charge in [-0.25, -0.2) is 4.68 Å². The van der Waals surface area contributed by atoms with Crippen LogP contribution < -0.4 is 9.47 Å². The number of aromatic nitrogens is 2. The fraction of sp³-hybridized carbons (Fsp3) is 0.393. The Morgan fingerprint density at radius 3 is 2.44 bits per heavy atom. The molecule has 3 aromatic rings. The zero-order valence-corrected chi connectivity index (χ0v) is 21.2. The average Bonchev–Trinajstić information content (AvgIpc) is 3.25. The van der Waals surface area contributed by atoms with Gasteiger partial charge >= 0.3 is 0 Å². The summed E-state index contributed by atoms with van der Waals surface area (Å²) in [5.74, 6) is 4.47. The molecule has 2 aromatic carbocycles. The van der Waals surface area contributed by atoms with Gasteiger partial charge in [-0.2, -0.15) is 5.10 Å². The van der Waals surface area contributed by atoms with Crippen molar-refractivity contribution in [2.75, 3.05) is 47.1 Å². The average molecular weight is 494 g/mol. The highest BCUT2D eigenvalue weighted by Gasteiger charge is 2.23. The fourth-order valence-electron chi connectivity index (χ4n) is 3.81. The highest BCUT2D eigenvalue weighted by Crippen LogP contribution is 2.33. The van der Waals surface area contributed by atoms with Gasteiger partial charge in [-0.3, -0.25) is 4.90 Å². The molecule has 0 amide bonds. The van der Waals surface area contributed by atoms with Crippen molar-refractivity contribution in [1.29, 1.82) is 0 Å². The minimum Gasteiger partial charge on any atom is -0.497 e. The Kier molecular flexibility index (Phi) is 10.8. The Balaban J connectivity index is 1.96. The molecule has 0 unspecified atom stereocenters. The number of aliphatic hydroxyl groups is 1. The first kappa shape index (κ1) is 27.2. The van der Waals surface area contributed by atoms with E-state index < -0.39 is 6.10 Å². The summed E-state index contributed by atoms with van der Waals surface area (Å²) >= 11 is 0. The molecule has 192 valence electrons. The number of para-hydroxylation sites is 1. The van der Waals surface area contributed by atoms with Crippen LogP contribution in [0.3, 0.4) is 0 Å². The lowest BCUT2D eigenvalue weighted by atomic mass is 10.1. The predicted molar refractivity (Wildman–Crippen MR) is 139 cm³/mol. The van der Waals surface area contributed by atoms with Crippen molar-refractivity contribution in [3.8, 4) is 35.4 Å². The third-order valence-electron chi connectivity index (χ3n) is 5.59. The molecule has 36 heavy (non-hydrogen) atoms. The van der Waals surface area contributed by atoms with Gasteiger partial charge in [0.25, 0.3) is 0 Å². The summed E-state index contributed by atoms with van der Waals surface area (Å²) in [6.07, 6.45) is 5.27. The Morgan fingerprint density at radius 1 is 1.08 bits per heavy atom. The number of hydrogen-bond acceptors (Lipinski definition) is 7. The van der Waals surface area contributed by atoms with Gasteiger partial charge in [0.2, 0.25) is 5.88 Å². The summed E-state index contributed by atoms with van der Waals surface area (Å²) in [6, 6.07) is 17.3. The first-order valence-corrected chi connectivity index (χ1v) is 12.0. The van der Waals surface area contributed by atoms with Crippen molar-refractivity contribution < 1.29 is 24.1 Å². The molecule has 1 N–H and O–H groups in total. The van der Waals surface area contributed by atoms with Gasteiger partial charge in [-0.1, -0.05) is 31.0 Å². The maximum absolute atomic E-state index is 10.5. The zero-order valence-electron chi connectivity index (χ0n) is 21.2. The molecule has 3 rings (SSSR count). The molecular weight excluding hydrogens is 458 g/mol. The summed E-state index contributed by atoms with van der Waals surface area (Å²) in [4.78, 5) is 2.11. The van der Waals surface area contributed by atoms with Crippen molar-refractivity contribution in [3.63, 3.8) is 0 Å². The van der Waals surface area contributed by atoms with E-state index in [-0.39, 0.29) is 13.2 Å². The van der Waals surface area contributed by atoms with Crippen LogP contribution >= 0.6 is 0 Å². The van der Waals surface area contributed by atoms with Crippen LogP contribution in [0.4, 0.5) is 0 Å². The maximum Gasteiger partial charge on any atom is 0.227 e. The van der Waals surface area contributed by atoms with Crippen LogP contribution in [-0.4, -0.2) is 73.0 Å². The zero-order chi connectivity index (χ0) is 25.8. The van der Waals surface area contributed by atoms with Crippen LogP contribution in [0.15, 0.2) is 54.6 Å². The van der Waals surface area contributed by atoms with Gasteiger partial charge in [0.1, 0.15) is 18.1 Å². The summed E-state index contributed by atoms with van der Waals surface area (Å²) in [7, 11) is 3.29. The lowest BCUT2D eigenvalue weighted by Gasteiger charge is -2.25. The first-order valence-electron chi connectivity index (χ1n) is 12.0. The summed E-state index contributed by atoms with van der Waals surface area (Å²) in [5.41, 5.74) is 2.76. The van der Waals surface area contributed by atoms with Gasteiger partial charge in [-0.05, 0) is 42.8 Å². The number of benzene rings is 2. The SMILES string of the molecule is C#CCOC[C@H](O)CN(CCOC)Cc1c(CC)nn(-c2ccccc2)c1Oc1ccc(OC)cc1. The highest BCUT2D eigenvalue weighted by molar-refractivity contribution is 5.44. The third kappa shape index (κ3) is 7.57. The quantitative estimate of drug-likeness (QED) is 0.256. The lowest BCUT2D eigenvalue weighted by molar-refractivity contribution is 0.0205. The van der Waals surface area contributed by atoms with Crippen LogP contribution in [0, 0.1) is 12.3 Å². The van der Waals surface area contributed by atoms with E-state index in [2.05, 4.69) is 17.7 Å². The van der Waals surface area contributed by atoms with Gasteiger partial charge in [0, 0.05) is 26.7 Å². The van der Waals surface area contributed by atoms with Crippen LogP contribution in [0.2, 0.25) is 0 Å². The van der Waals surface area contributed by atoms with Crippen LogP contribution in [0.5, 0.6) is 17.4 Å². The van der Waals surface area contributed by atoms with Gasteiger partial charge in [0.05, 0.1) is 43.4 Å². The smallest absolute Gasteiger partial charge is 0.227 e. The second-order valence-corrected chi connectivity index (χ2v) is 8.21. The van der Waals surface area contributed by atoms with E-state index in [4.69, 9.17) is 30.5 Å². The Morgan fingerprint density at radius 2 is 1.81 bits per heavy atom. The number of aliphatic hydroxyl groups excluding tert-OH is 1. The van der Waals surface area contributed by atoms with E-state index in [1.165, 1.54) is 0 Å². The molecule has 0 aliphatic carbocycles. The standard InChI is InChI=1S/C28H35N3O5/c1-5-17-35-21-23(32)19-30(16-18-33-3)20-26-27(6-2)29-31(22-10-8-7-9-11-22)28(26)36-25-14-12-24(34-4)13-15-25/h1,7-15,23,32H,6,16-21H2,2-4H3/t23-/m1/s1. The van der Waals surface area contributed by atoms with Crippen molar-refractivity contribution in [2.45, 2.75) is 26.0 Å². The van der Waals surface area contributed by atoms with Crippen LogP contribution in [0.1, 0.15) is 18.2 Å². The molecule has 1 atom stereocenters. The number of hydrogen-bond donors (Lipinski definition) is 1. The van der Waals surface area contributed by atoms with Crippen molar-refractivity contribution in [2.24, 2.45) is 0 Å². The minimum absolute atomic E-state index is 0.160. The van der Waals surface area contributed by atoms with Crippen LogP contribution in [0.25, 0.3) is 5.69 Å². The van der Waals surface area contributed by atoms with Gasteiger partial charge < -0.3 is 24.1 Å². The molecular formula is C28H35N3O5. The number of ether oxygens (including phenoxy) is 4. The molecule has 8 nitrogen and oxygen atoms in total. The Labute approximate surface area is 213 Å². The number of aryl methyl sites for hydroxylation is 1. The molecule has 0 saturated heterocycles. The predicted octanol–water partition coefficient (Wildman–Crippen LogP) is 3.69. The summed E-state index contributed by atoms with van der Waals surface area (Å²) in [5, 5.41) is 15.4. The normalized spacial score (nSPS) is 11.9.